The van der Waals surface area contributed by atoms with Crippen LogP contribution in [0.2, 0.25) is 0 Å². The zero-order valence-corrected chi connectivity index (χ0v) is 12.9. The van der Waals surface area contributed by atoms with E-state index in [0.29, 0.717) is 37.6 Å². The molecule has 0 saturated carbocycles. The molecule has 6 nitrogen and oxygen atoms in total. The van der Waals surface area contributed by atoms with Gasteiger partial charge in [0.15, 0.2) is 0 Å². The molecule has 0 unspecified atom stereocenters. The molecule has 1 aromatic carbocycles. The molecule has 2 amide bonds. The lowest BCUT2D eigenvalue weighted by molar-refractivity contribution is -0.115. The maximum atomic E-state index is 12.4. The van der Waals surface area contributed by atoms with E-state index in [2.05, 4.69) is 10.6 Å². The Morgan fingerprint density at radius 1 is 1.27 bits per heavy atom. The molecule has 2 rings (SSSR count). The smallest absolute Gasteiger partial charge is 0.254 e. The van der Waals surface area contributed by atoms with Crippen molar-refractivity contribution in [2.24, 2.45) is 0 Å². The number of anilines is 1. The molecule has 120 valence electrons. The lowest BCUT2D eigenvalue weighted by Crippen LogP contribution is -2.40. The monoisotopic (exact) mass is 305 g/mol. The number of hydrogen-bond acceptors (Lipinski definition) is 4. The Morgan fingerprint density at radius 2 is 2.05 bits per heavy atom. The molecule has 1 aliphatic rings. The molecule has 0 aliphatic carbocycles. The molecule has 0 spiro atoms. The third kappa shape index (κ3) is 4.82. The third-order valence-electron chi connectivity index (χ3n) is 3.40. The first-order valence-electron chi connectivity index (χ1n) is 7.68. The Kier molecular flexibility index (Phi) is 6.36. The summed E-state index contributed by atoms with van der Waals surface area (Å²) in [4.78, 5) is 25.9. The van der Waals surface area contributed by atoms with E-state index in [1.165, 1.54) is 0 Å². The summed E-state index contributed by atoms with van der Waals surface area (Å²) in [6.45, 7) is 5.49. The highest BCUT2D eigenvalue weighted by Gasteiger charge is 2.18. The highest BCUT2D eigenvalue weighted by molar-refractivity contribution is 5.97. The van der Waals surface area contributed by atoms with E-state index in [9.17, 15) is 9.59 Å². The van der Waals surface area contributed by atoms with Crippen molar-refractivity contribution in [3.63, 3.8) is 0 Å². The van der Waals surface area contributed by atoms with Crippen molar-refractivity contribution in [3.8, 4) is 0 Å². The van der Waals surface area contributed by atoms with Crippen molar-refractivity contribution in [1.82, 2.24) is 10.2 Å². The Bertz CT molecular complexity index is 513. The summed E-state index contributed by atoms with van der Waals surface area (Å²) >= 11 is 0. The van der Waals surface area contributed by atoms with Gasteiger partial charge < -0.3 is 20.3 Å². The summed E-state index contributed by atoms with van der Waals surface area (Å²) in [5.41, 5.74) is 1.23. The molecule has 0 aromatic heterocycles. The third-order valence-corrected chi connectivity index (χ3v) is 3.40. The Balaban J connectivity index is 1.94. The fourth-order valence-corrected chi connectivity index (χ4v) is 2.26. The topological polar surface area (TPSA) is 70.7 Å². The van der Waals surface area contributed by atoms with Gasteiger partial charge in [0, 0.05) is 24.3 Å². The Hall–Kier alpha value is -1.92. The van der Waals surface area contributed by atoms with Gasteiger partial charge in [0.2, 0.25) is 5.91 Å². The van der Waals surface area contributed by atoms with Crippen LogP contribution < -0.4 is 10.6 Å². The molecule has 1 aromatic rings. The van der Waals surface area contributed by atoms with Crippen LogP contribution in [-0.2, 0) is 9.53 Å². The molecule has 0 atom stereocenters. The van der Waals surface area contributed by atoms with Crippen LogP contribution in [0, 0.1) is 0 Å². The summed E-state index contributed by atoms with van der Waals surface area (Å²) in [7, 11) is 0. The summed E-state index contributed by atoms with van der Waals surface area (Å²) in [6, 6.07) is 7.05. The number of ether oxygens (including phenoxy) is 1. The first-order valence-corrected chi connectivity index (χ1v) is 7.68. The minimum absolute atomic E-state index is 0.0245. The van der Waals surface area contributed by atoms with Crippen LogP contribution in [0.4, 0.5) is 5.69 Å². The average molecular weight is 305 g/mol. The summed E-state index contributed by atoms with van der Waals surface area (Å²) < 4.78 is 5.25. The fourth-order valence-electron chi connectivity index (χ4n) is 2.26. The number of hydrogen-bond donors (Lipinski definition) is 2. The van der Waals surface area contributed by atoms with E-state index in [4.69, 9.17) is 4.74 Å². The quantitative estimate of drug-likeness (QED) is 0.772. The zero-order valence-electron chi connectivity index (χ0n) is 12.9. The first kappa shape index (κ1) is 16.5. The van der Waals surface area contributed by atoms with Crippen LogP contribution in [0.5, 0.6) is 0 Å². The molecular formula is C16H23N3O3. The van der Waals surface area contributed by atoms with Gasteiger partial charge in [0.1, 0.15) is 0 Å². The molecule has 1 fully saturated rings. The number of nitrogens with one attached hydrogen (secondary N) is 2. The number of nitrogens with zero attached hydrogens (tertiary/aromatic N) is 1. The van der Waals surface area contributed by atoms with E-state index in [-0.39, 0.29) is 18.4 Å². The van der Waals surface area contributed by atoms with E-state index in [1.54, 1.807) is 29.2 Å². The Morgan fingerprint density at radius 3 is 2.77 bits per heavy atom. The van der Waals surface area contributed by atoms with E-state index < -0.39 is 0 Å². The highest BCUT2D eigenvalue weighted by Crippen LogP contribution is 2.13. The lowest BCUT2D eigenvalue weighted by Gasteiger charge is -2.27. The zero-order chi connectivity index (χ0) is 15.8. The number of rotatable bonds is 6. The van der Waals surface area contributed by atoms with Gasteiger partial charge in [-0.25, -0.2) is 0 Å². The maximum Gasteiger partial charge on any atom is 0.254 e. The maximum absolute atomic E-state index is 12.4. The largest absolute Gasteiger partial charge is 0.378 e. The summed E-state index contributed by atoms with van der Waals surface area (Å²) in [6.07, 6.45) is 0.983. The van der Waals surface area contributed by atoms with Gasteiger partial charge in [-0.05, 0) is 31.2 Å². The highest BCUT2D eigenvalue weighted by atomic mass is 16.5. The Labute approximate surface area is 130 Å². The van der Waals surface area contributed by atoms with Crippen molar-refractivity contribution >= 4 is 17.5 Å². The fraction of sp³-hybridized carbons (Fsp3) is 0.500. The first-order chi connectivity index (χ1) is 10.7. The second-order valence-corrected chi connectivity index (χ2v) is 5.21. The molecule has 22 heavy (non-hydrogen) atoms. The summed E-state index contributed by atoms with van der Waals surface area (Å²) in [5, 5.41) is 5.85. The van der Waals surface area contributed by atoms with Gasteiger partial charge in [-0.15, -0.1) is 0 Å². The van der Waals surface area contributed by atoms with Crippen LogP contribution in [0.3, 0.4) is 0 Å². The van der Waals surface area contributed by atoms with Crippen LogP contribution in [0.1, 0.15) is 23.7 Å². The average Bonchev–Trinajstić information content (AvgIpc) is 2.55. The van der Waals surface area contributed by atoms with Gasteiger partial charge in [-0.2, -0.15) is 0 Å². The summed E-state index contributed by atoms with van der Waals surface area (Å²) in [5.74, 6) is -0.132. The number of carbonyl (C=O) groups excluding carboxylic acids is 2. The lowest BCUT2D eigenvalue weighted by atomic mass is 10.1. The van der Waals surface area contributed by atoms with E-state index in [0.717, 1.165) is 13.0 Å². The second-order valence-electron chi connectivity index (χ2n) is 5.21. The second kappa shape index (κ2) is 8.51. The van der Waals surface area contributed by atoms with E-state index in [1.807, 2.05) is 6.92 Å². The molecule has 1 saturated heterocycles. The minimum Gasteiger partial charge on any atom is -0.378 e. The molecular weight excluding hydrogens is 282 g/mol. The predicted octanol–water partition coefficient (Wildman–Crippen LogP) is 1.10. The van der Waals surface area contributed by atoms with Gasteiger partial charge >= 0.3 is 0 Å². The van der Waals surface area contributed by atoms with Crippen LogP contribution in [-0.4, -0.2) is 56.1 Å². The molecule has 1 heterocycles. The molecule has 0 radical (unpaired) electrons. The molecule has 0 bridgehead atoms. The number of morpholine rings is 1. The predicted molar refractivity (Wildman–Crippen MR) is 85.0 cm³/mol. The SMILES string of the molecule is CCCNCC(=O)Nc1cccc(C(=O)N2CCOCC2)c1. The number of carbonyl (C=O) groups is 2. The normalized spacial score (nSPS) is 14.7. The van der Waals surface area contributed by atoms with Gasteiger partial charge in [-0.1, -0.05) is 13.0 Å². The van der Waals surface area contributed by atoms with E-state index >= 15 is 0 Å². The van der Waals surface area contributed by atoms with Gasteiger partial charge in [-0.3, -0.25) is 9.59 Å². The van der Waals surface area contributed by atoms with Crippen LogP contribution >= 0.6 is 0 Å². The van der Waals surface area contributed by atoms with Gasteiger partial charge in [0.25, 0.3) is 5.91 Å². The van der Waals surface area contributed by atoms with Crippen molar-refractivity contribution < 1.29 is 14.3 Å². The van der Waals surface area contributed by atoms with Crippen molar-refractivity contribution in [1.29, 1.82) is 0 Å². The van der Waals surface area contributed by atoms with Crippen molar-refractivity contribution in [3.05, 3.63) is 29.8 Å². The standard InChI is InChI=1S/C16H23N3O3/c1-2-6-17-12-15(20)18-14-5-3-4-13(11-14)16(21)19-7-9-22-10-8-19/h3-5,11,17H,2,6-10,12H2,1H3,(H,18,20). The minimum atomic E-state index is -0.107. The molecule has 6 heteroatoms. The van der Waals surface area contributed by atoms with Crippen molar-refractivity contribution in [2.45, 2.75) is 13.3 Å². The van der Waals surface area contributed by atoms with Crippen LogP contribution in [0.25, 0.3) is 0 Å². The van der Waals surface area contributed by atoms with Crippen LogP contribution in [0.15, 0.2) is 24.3 Å². The molecule has 2 N–H and O–H groups in total. The number of benzene rings is 1. The number of amides is 2. The van der Waals surface area contributed by atoms with Crippen molar-refractivity contribution in [2.75, 3.05) is 44.7 Å². The molecule has 1 aliphatic heterocycles. The van der Waals surface area contributed by atoms with Gasteiger partial charge in [0.05, 0.1) is 19.8 Å².